The van der Waals surface area contributed by atoms with E-state index in [0.717, 1.165) is 5.01 Å². The number of esters is 1. The van der Waals surface area contributed by atoms with Crippen LogP contribution in [0.5, 0.6) is 0 Å². The number of carbonyl (C=O) groups excluding carboxylic acids is 1. The average molecular weight is 176 g/mol. The molecule has 0 atom stereocenters. The van der Waals surface area contributed by atoms with Crippen molar-refractivity contribution in [1.29, 1.82) is 0 Å². The number of ether oxygens (including phenoxy) is 1. The van der Waals surface area contributed by atoms with Gasteiger partial charge in [-0.15, -0.1) is 4.91 Å². The van der Waals surface area contributed by atoms with Crippen LogP contribution in [0.1, 0.15) is 6.92 Å². The maximum absolute atomic E-state index is 10.7. The molecule has 12 heavy (non-hydrogen) atoms. The quantitative estimate of drug-likeness (QED) is 0.336. The number of rotatable bonds is 6. The van der Waals surface area contributed by atoms with E-state index < -0.39 is 5.97 Å². The van der Waals surface area contributed by atoms with Gasteiger partial charge in [-0.25, -0.2) is 5.01 Å². The summed E-state index contributed by atoms with van der Waals surface area (Å²) in [4.78, 5) is 20.7. The highest BCUT2D eigenvalue weighted by molar-refractivity contribution is 5.71. The molecule has 6 heteroatoms. The van der Waals surface area contributed by atoms with Crippen molar-refractivity contribution in [3.63, 3.8) is 0 Å². The van der Waals surface area contributed by atoms with Gasteiger partial charge in [0.05, 0.1) is 25.0 Å². The Balaban J connectivity index is 3.68. The lowest BCUT2D eigenvalue weighted by Crippen LogP contribution is -2.28. The highest BCUT2D eigenvalue weighted by Crippen LogP contribution is 1.89. The summed E-state index contributed by atoms with van der Waals surface area (Å²) in [7, 11) is 0. The Morgan fingerprint density at radius 3 is 2.75 bits per heavy atom. The number of aliphatic hydroxyl groups is 1. The molecule has 0 spiro atoms. The molecule has 0 aliphatic carbocycles. The molecule has 6 nitrogen and oxygen atoms in total. The van der Waals surface area contributed by atoms with E-state index in [1.165, 1.54) is 0 Å². The second kappa shape index (κ2) is 6.53. The van der Waals surface area contributed by atoms with Crippen LogP contribution in [0.3, 0.4) is 0 Å². The zero-order valence-electron chi connectivity index (χ0n) is 6.89. The van der Waals surface area contributed by atoms with E-state index in [1.807, 2.05) is 0 Å². The Morgan fingerprint density at radius 1 is 1.67 bits per heavy atom. The van der Waals surface area contributed by atoms with E-state index in [1.54, 1.807) is 6.92 Å². The molecule has 1 N–H and O–H groups in total. The van der Waals surface area contributed by atoms with Crippen molar-refractivity contribution >= 4 is 5.97 Å². The molecule has 0 heterocycles. The molecule has 0 unspecified atom stereocenters. The first kappa shape index (κ1) is 10.8. The molecular weight excluding hydrogens is 164 g/mol. The normalized spacial score (nSPS) is 9.17. The molecule has 0 amide bonds. The molecule has 0 fully saturated rings. The fourth-order valence-corrected chi connectivity index (χ4v) is 0.620. The Labute approximate surface area is 70.1 Å². The minimum absolute atomic E-state index is 0.0440. The van der Waals surface area contributed by atoms with Crippen molar-refractivity contribution in [3.8, 4) is 0 Å². The summed E-state index contributed by atoms with van der Waals surface area (Å²) in [6.07, 6.45) is 0. The Bertz CT molecular complexity index is 150. The van der Waals surface area contributed by atoms with Gasteiger partial charge in [0, 0.05) is 0 Å². The molecule has 0 saturated carbocycles. The summed E-state index contributed by atoms with van der Waals surface area (Å²) < 4.78 is 4.56. The van der Waals surface area contributed by atoms with Crippen molar-refractivity contribution in [1.82, 2.24) is 5.01 Å². The van der Waals surface area contributed by atoms with Crippen LogP contribution in [0.15, 0.2) is 5.29 Å². The minimum atomic E-state index is -0.523. The molecule has 0 aromatic heterocycles. The molecule has 0 aliphatic rings. The van der Waals surface area contributed by atoms with E-state index in [2.05, 4.69) is 10.0 Å². The van der Waals surface area contributed by atoms with Crippen molar-refractivity contribution in [2.45, 2.75) is 6.92 Å². The molecular formula is C6H12N2O4. The average Bonchev–Trinajstić information content (AvgIpc) is 2.04. The van der Waals surface area contributed by atoms with Gasteiger partial charge in [-0.2, -0.15) is 0 Å². The number of hydrogen-bond acceptors (Lipinski definition) is 5. The highest BCUT2D eigenvalue weighted by atomic mass is 16.5. The number of hydrogen-bond donors (Lipinski definition) is 1. The SMILES string of the molecule is CCOC(=O)CN(CCO)N=O. The molecule has 0 radical (unpaired) electrons. The van der Waals surface area contributed by atoms with Crippen molar-refractivity contribution in [2.75, 3.05) is 26.3 Å². The topological polar surface area (TPSA) is 79.2 Å². The number of nitroso groups, excluding NO2 is 1. The molecule has 0 saturated heterocycles. The van der Waals surface area contributed by atoms with Gasteiger partial charge in [-0.3, -0.25) is 4.79 Å². The van der Waals surface area contributed by atoms with E-state index in [0.29, 0.717) is 0 Å². The largest absolute Gasteiger partial charge is 0.465 e. The van der Waals surface area contributed by atoms with Gasteiger partial charge in [0.15, 0.2) is 0 Å². The minimum Gasteiger partial charge on any atom is -0.465 e. The number of carbonyl (C=O) groups is 1. The van der Waals surface area contributed by atoms with Gasteiger partial charge in [0.2, 0.25) is 0 Å². The van der Waals surface area contributed by atoms with Crippen molar-refractivity contribution < 1.29 is 14.6 Å². The monoisotopic (exact) mass is 176 g/mol. The summed E-state index contributed by atoms with van der Waals surface area (Å²) >= 11 is 0. The van der Waals surface area contributed by atoms with Crippen molar-refractivity contribution in [2.24, 2.45) is 5.29 Å². The van der Waals surface area contributed by atoms with E-state index >= 15 is 0 Å². The summed E-state index contributed by atoms with van der Waals surface area (Å²) in [6, 6.07) is 0. The zero-order valence-corrected chi connectivity index (χ0v) is 6.89. The fraction of sp³-hybridized carbons (Fsp3) is 0.833. The van der Waals surface area contributed by atoms with Crippen LogP contribution in [-0.4, -0.2) is 42.4 Å². The molecule has 0 rings (SSSR count). The molecule has 0 aliphatic heterocycles. The summed E-state index contributed by atoms with van der Waals surface area (Å²) in [5.74, 6) is -0.523. The van der Waals surface area contributed by atoms with Crippen LogP contribution >= 0.6 is 0 Å². The molecule has 0 aromatic carbocycles. The standard InChI is InChI=1S/C6H12N2O4/c1-2-12-6(10)5-8(7-11)3-4-9/h9H,2-5H2,1H3. The first-order valence-corrected chi connectivity index (χ1v) is 3.59. The third kappa shape index (κ3) is 4.62. The Morgan fingerprint density at radius 2 is 2.33 bits per heavy atom. The predicted molar refractivity (Wildman–Crippen MR) is 41.1 cm³/mol. The lowest BCUT2D eigenvalue weighted by atomic mass is 10.5. The number of nitrogens with zero attached hydrogens (tertiary/aromatic N) is 2. The fourth-order valence-electron chi connectivity index (χ4n) is 0.620. The van der Waals surface area contributed by atoms with Crippen LogP contribution in [0.25, 0.3) is 0 Å². The van der Waals surface area contributed by atoms with Gasteiger partial charge in [-0.05, 0) is 6.92 Å². The smallest absolute Gasteiger partial charge is 0.327 e. The lowest BCUT2D eigenvalue weighted by Gasteiger charge is -2.11. The van der Waals surface area contributed by atoms with E-state index in [4.69, 9.17) is 5.11 Å². The number of aliphatic hydroxyl groups excluding tert-OH is 1. The first-order chi connectivity index (χ1) is 5.74. The molecule has 0 bridgehead atoms. The Kier molecular flexibility index (Phi) is 5.90. The van der Waals surface area contributed by atoms with E-state index in [-0.39, 0.29) is 26.3 Å². The van der Waals surface area contributed by atoms with Gasteiger partial charge in [0.1, 0.15) is 6.54 Å². The summed E-state index contributed by atoms with van der Waals surface area (Å²) in [5.41, 5.74) is 0. The summed E-state index contributed by atoms with van der Waals surface area (Å²) in [6.45, 7) is 1.55. The predicted octanol–water partition coefficient (Wildman–Crippen LogP) is -0.475. The zero-order chi connectivity index (χ0) is 9.40. The van der Waals surface area contributed by atoms with Crippen LogP contribution < -0.4 is 0 Å². The van der Waals surface area contributed by atoms with Crippen LogP contribution in [-0.2, 0) is 9.53 Å². The third-order valence-corrected chi connectivity index (χ3v) is 1.09. The maximum Gasteiger partial charge on any atom is 0.327 e. The van der Waals surface area contributed by atoms with Crippen molar-refractivity contribution in [3.05, 3.63) is 4.91 Å². The van der Waals surface area contributed by atoms with Crippen LogP contribution in [0.2, 0.25) is 0 Å². The second-order valence-electron chi connectivity index (χ2n) is 2.00. The highest BCUT2D eigenvalue weighted by Gasteiger charge is 2.08. The van der Waals surface area contributed by atoms with Gasteiger partial charge in [-0.1, -0.05) is 0 Å². The van der Waals surface area contributed by atoms with Gasteiger partial charge >= 0.3 is 5.97 Å². The molecule has 70 valence electrons. The van der Waals surface area contributed by atoms with Gasteiger partial charge in [0.25, 0.3) is 0 Å². The van der Waals surface area contributed by atoms with Crippen LogP contribution in [0, 0.1) is 4.91 Å². The first-order valence-electron chi connectivity index (χ1n) is 3.59. The van der Waals surface area contributed by atoms with Gasteiger partial charge < -0.3 is 9.84 Å². The maximum atomic E-state index is 10.7. The van der Waals surface area contributed by atoms with Crippen LogP contribution in [0.4, 0.5) is 0 Å². The lowest BCUT2D eigenvalue weighted by molar-refractivity contribution is -0.144. The Hall–Kier alpha value is -1.17. The third-order valence-electron chi connectivity index (χ3n) is 1.09. The van der Waals surface area contributed by atoms with E-state index in [9.17, 15) is 9.70 Å². The summed E-state index contributed by atoms with van der Waals surface area (Å²) in [5, 5.41) is 11.8. The molecule has 0 aromatic rings. The second-order valence-corrected chi connectivity index (χ2v) is 2.00.